The van der Waals surface area contributed by atoms with Gasteiger partial charge in [-0.05, 0) is 45.0 Å². The largest absolute Gasteiger partial charge is 0.384 e. The van der Waals surface area contributed by atoms with Gasteiger partial charge in [-0.3, -0.25) is 4.79 Å². The minimum absolute atomic E-state index is 0.131. The fourth-order valence-electron chi connectivity index (χ4n) is 2.02. The summed E-state index contributed by atoms with van der Waals surface area (Å²) in [6, 6.07) is 15.7. The predicted octanol–water partition coefficient (Wildman–Crippen LogP) is 2.13. The molecule has 0 unspecified atom stereocenters. The van der Waals surface area contributed by atoms with Crippen molar-refractivity contribution in [1.29, 1.82) is 0 Å². The zero-order valence-electron chi connectivity index (χ0n) is 13.6. The van der Waals surface area contributed by atoms with Crippen LogP contribution in [0.3, 0.4) is 0 Å². The summed E-state index contributed by atoms with van der Waals surface area (Å²) in [4.78, 5) is 14.3. The molecule has 1 aliphatic heterocycles. The van der Waals surface area contributed by atoms with Gasteiger partial charge in [-0.25, -0.2) is 4.98 Å². The highest BCUT2D eigenvalue weighted by atomic mass is 16.1. The third-order valence-corrected chi connectivity index (χ3v) is 3.37. The van der Waals surface area contributed by atoms with Gasteiger partial charge in [-0.1, -0.05) is 42.0 Å². The Morgan fingerprint density at radius 3 is 2.00 bits per heavy atom. The number of nitrogens with zero attached hydrogens (tertiary/aromatic N) is 1. The van der Waals surface area contributed by atoms with Crippen molar-refractivity contribution in [1.82, 2.24) is 10.3 Å². The van der Waals surface area contributed by atoms with E-state index >= 15 is 0 Å². The molecule has 1 fully saturated rings. The molecule has 1 saturated heterocycles. The number of anilines is 1. The number of amides is 1. The third kappa shape index (κ3) is 9.26. The first-order valence-electron chi connectivity index (χ1n) is 7.77. The van der Waals surface area contributed by atoms with E-state index in [2.05, 4.69) is 29.4 Å². The van der Waals surface area contributed by atoms with Crippen molar-refractivity contribution >= 4 is 11.7 Å². The lowest BCUT2D eigenvalue weighted by Crippen LogP contribution is -2.34. The second-order valence-electron chi connectivity index (χ2n) is 5.34. The molecule has 0 bridgehead atoms. The summed E-state index contributed by atoms with van der Waals surface area (Å²) in [6.07, 6.45) is 3.49. The van der Waals surface area contributed by atoms with Gasteiger partial charge in [0.15, 0.2) is 0 Å². The van der Waals surface area contributed by atoms with E-state index in [1.54, 1.807) is 12.3 Å². The van der Waals surface area contributed by atoms with E-state index in [1.165, 1.54) is 5.56 Å². The number of benzene rings is 1. The van der Waals surface area contributed by atoms with Crippen LogP contribution < -0.4 is 16.8 Å². The molecule has 124 valence electrons. The topological polar surface area (TPSA) is 94.0 Å². The standard InChI is InChI=1S/C7H8.C6H12N2O.C5H6N2/c1-7-5-3-2-4-6-7;7-6(9)5-1-3-8-4-2-5;6-5-3-1-2-4-7-5/h2-6H,1H3;5,8H,1-4H2,(H2,7,9);1-4H,(H2,6,7). The van der Waals surface area contributed by atoms with Crippen molar-refractivity contribution in [2.75, 3.05) is 18.8 Å². The van der Waals surface area contributed by atoms with Gasteiger partial charge in [0, 0.05) is 12.1 Å². The van der Waals surface area contributed by atoms with Crippen LogP contribution in [0, 0.1) is 12.8 Å². The molecule has 1 aromatic carbocycles. The van der Waals surface area contributed by atoms with E-state index in [4.69, 9.17) is 11.5 Å². The number of carbonyl (C=O) groups excluding carboxylic acids is 1. The third-order valence-electron chi connectivity index (χ3n) is 3.37. The predicted molar refractivity (Wildman–Crippen MR) is 94.6 cm³/mol. The van der Waals surface area contributed by atoms with Gasteiger partial charge in [0.05, 0.1) is 0 Å². The number of nitrogens with two attached hydrogens (primary N) is 2. The molecule has 1 aliphatic rings. The van der Waals surface area contributed by atoms with Crippen LogP contribution in [0.2, 0.25) is 0 Å². The number of hydrogen-bond acceptors (Lipinski definition) is 4. The maximum Gasteiger partial charge on any atom is 0.220 e. The molecule has 5 heteroatoms. The van der Waals surface area contributed by atoms with E-state index in [1.807, 2.05) is 30.3 Å². The van der Waals surface area contributed by atoms with E-state index in [0.717, 1.165) is 25.9 Å². The number of hydrogen-bond donors (Lipinski definition) is 3. The van der Waals surface area contributed by atoms with Gasteiger partial charge in [-0.15, -0.1) is 0 Å². The molecule has 0 spiro atoms. The van der Waals surface area contributed by atoms with Gasteiger partial charge in [0.1, 0.15) is 5.82 Å². The number of nitrogens with one attached hydrogen (secondary N) is 1. The van der Waals surface area contributed by atoms with E-state index in [0.29, 0.717) is 5.82 Å². The normalized spacial score (nSPS) is 13.8. The van der Waals surface area contributed by atoms with Crippen LogP contribution in [0.5, 0.6) is 0 Å². The Hall–Kier alpha value is -2.40. The Kier molecular flexibility index (Phi) is 9.09. The Bertz CT molecular complexity index is 502. The Labute approximate surface area is 138 Å². The summed E-state index contributed by atoms with van der Waals surface area (Å²) in [7, 11) is 0. The van der Waals surface area contributed by atoms with Crippen molar-refractivity contribution in [3.63, 3.8) is 0 Å². The summed E-state index contributed by atoms with van der Waals surface area (Å²) in [5, 5.41) is 3.16. The van der Waals surface area contributed by atoms with Crippen molar-refractivity contribution in [3.8, 4) is 0 Å². The van der Waals surface area contributed by atoms with Crippen LogP contribution in [0.25, 0.3) is 0 Å². The maximum atomic E-state index is 10.5. The number of aromatic nitrogens is 1. The van der Waals surface area contributed by atoms with Gasteiger partial charge in [-0.2, -0.15) is 0 Å². The minimum Gasteiger partial charge on any atom is -0.384 e. The Morgan fingerprint density at radius 2 is 1.70 bits per heavy atom. The van der Waals surface area contributed by atoms with Crippen molar-refractivity contribution in [2.24, 2.45) is 11.7 Å². The summed E-state index contributed by atoms with van der Waals surface area (Å²) in [5.74, 6) is 0.560. The van der Waals surface area contributed by atoms with Crippen LogP contribution in [0.15, 0.2) is 54.7 Å². The molecular weight excluding hydrogens is 288 g/mol. The van der Waals surface area contributed by atoms with Crippen molar-refractivity contribution < 1.29 is 4.79 Å². The van der Waals surface area contributed by atoms with Gasteiger partial charge < -0.3 is 16.8 Å². The van der Waals surface area contributed by atoms with Crippen LogP contribution >= 0.6 is 0 Å². The molecule has 3 rings (SSSR count). The first-order valence-corrected chi connectivity index (χ1v) is 7.77. The second-order valence-corrected chi connectivity index (χ2v) is 5.34. The summed E-state index contributed by atoms with van der Waals surface area (Å²) >= 11 is 0. The molecule has 5 N–H and O–H groups in total. The van der Waals surface area contributed by atoms with E-state index < -0.39 is 0 Å². The number of pyridine rings is 1. The van der Waals surface area contributed by atoms with Crippen molar-refractivity contribution in [3.05, 3.63) is 60.3 Å². The Balaban J connectivity index is 0.000000175. The molecular formula is C18H26N4O. The number of primary amides is 1. The quantitative estimate of drug-likeness (QED) is 0.751. The molecule has 1 aromatic heterocycles. The highest BCUT2D eigenvalue weighted by Gasteiger charge is 2.17. The zero-order chi connectivity index (χ0) is 16.9. The molecule has 0 saturated carbocycles. The van der Waals surface area contributed by atoms with Crippen LogP contribution in [0.1, 0.15) is 18.4 Å². The summed E-state index contributed by atoms with van der Waals surface area (Å²) in [5.41, 5.74) is 11.7. The van der Waals surface area contributed by atoms with Gasteiger partial charge in [0.25, 0.3) is 0 Å². The van der Waals surface area contributed by atoms with Crippen LogP contribution in [-0.2, 0) is 4.79 Å². The molecule has 0 aliphatic carbocycles. The van der Waals surface area contributed by atoms with E-state index in [9.17, 15) is 4.79 Å². The number of carbonyl (C=O) groups is 1. The molecule has 0 atom stereocenters. The molecule has 2 heterocycles. The maximum absolute atomic E-state index is 10.5. The molecule has 23 heavy (non-hydrogen) atoms. The van der Waals surface area contributed by atoms with Crippen molar-refractivity contribution in [2.45, 2.75) is 19.8 Å². The molecule has 2 aromatic rings. The van der Waals surface area contributed by atoms with E-state index in [-0.39, 0.29) is 11.8 Å². The fraction of sp³-hybridized carbons (Fsp3) is 0.333. The lowest BCUT2D eigenvalue weighted by molar-refractivity contribution is -0.122. The number of nitrogen functional groups attached to an aromatic ring is 1. The van der Waals surface area contributed by atoms with Gasteiger partial charge in [0.2, 0.25) is 5.91 Å². The van der Waals surface area contributed by atoms with Crippen LogP contribution in [0.4, 0.5) is 5.82 Å². The smallest absolute Gasteiger partial charge is 0.220 e. The summed E-state index contributed by atoms with van der Waals surface area (Å²) < 4.78 is 0. The first kappa shape index (κ1) is 18.6. The average molecular weight is 314 g/mol. The number of rotatable bonds is 1. The fourth-order valence-corrected chi connectivity index (χ4v) is 2.02. The highest BCUT2D eigenvalue weighted by Crippen LogP contribution is 2.09. The number of aryl methyl sites for hydroxylation is 1. The lowest BCUT2D eigenvalue weighted by Gasteiger charge is -2.18. The Morgan fingerprint density at radius 1 is 1.09 bits per heavy atom. The first-order chi connectivity index (χ1) is 11.1. The average Bonchev–Trinajstić information content (AvgIpc) is 2.58. The SMILES string of the molecule is Cc1ccccc1.NC(=O)C1CCNCC1.Nc1ccccn1. The molecule has 1 amide bonds. The molecule has 0 radical (unpaired) electrons. The highest BCUT2D eigenvalue weighted by molar-refractivity contribution is 5.76. The molecule has 5 nitrogen and oxygen atoms in total. The lowest BCUT2D eigenvalue weighted by atomic mass is 9.98. The van der Waals surface area contributed by atoms with Crippen LogP contribution in [-0.4, -0.2) is 24.0 Å². The zero-order valence-corrected chi connectivity index (χ0v) is 13.6. The monoisotopic (exact) mass is 314 g/mol. The second kappa shape index (κ2) is 11.2. The summed E-state index contributed by atoms with van der Waals surface area (Å²) in [6.45, 7) is 3.96. The number of piperidine rings is 1. The van der Waals surface area contributed by atoms with Gasteiger partial charge >= 0.3 is 0 Å². The minimum atomic E-state index is -0.142.